The maximum atomic E-state index is 12.7. The number of nitrogens with one attached hydrogen (secondary N) is 1. The van der Waals surface area contributed by atoms with Gasteiger partial charge in [-0.2, -0.15) is 0 Å². The fraction of sp³-hybridized carbons (Fsp3) is 0.391. The zero-order valence-electron chi connectivity index (χ0n) is 16.8. The number of anilines is 1. The van der Waals surface area contributed by atoms with Gasteiger partial charge in [-0.3, -0.25) is 9.59 Å². The summed E-state index contributed by atoms with van der Waals surface area (Å²) in [6.07, 6.45) is 0.449. The topological polar surface area (TPSA) is 49.4 Å². The number of hydrogen-bond donors (Lipinski definition) is 1. The van der Waals surface area contributed by atoms with Crippen LogP contribution < -0.4 is 10.2 Å². The summed E-state index contributed by atoms with van der Waals surface area (Å²) in [6, 6.07) is 16.3. The van der Waals surface area contributed by atoms with Crippen LogP contribution in [0.5, 0.6) is 0 Å². The molecule has 4 nitrogen and oxygen atoms in total. The molecule has 3 rings (SSSR count). The molecule has 0 aliphatic carbocycles. The highest BCUT2D eigenvalue weighted by Crippen LogP contribution is 2.34. The lowest BCUT2D eigenvalue weighted by atomic mass is 9.84. The summed E-state index contributed by atoms with van der Waals surface area (Å²) in [4.78, 5) is 27.9. The molecule has 0 saturated heterocycles. The molecule has 0 aromatic heterocycles. The van der Waals surface area contributed by atoms with E-state index in [2.05, 4.69) is 44.3 Å². The van der Waals surface area contributed by atoms with Crippen molar-refractivity contribution in [2.45, 2.75) is 43.9 Å². The monoisotopic (exact) mass is 396 g/mol. The van der Waals surface area contributed by atoms with Gasteiger partial charge >= 0.3 is 0 Å². The Morgan fingerprint density at radius 1 is 1.11 bits per heavy atom. The third-order valence-electron chi connectivity index (χ3n) is 5.12. The molecule has 0 atom stereocenters. The summed E-state index contributed by atoms with van der Waals surface area (Å²) in [7, 11) is 0. The molecular weight excluding hydrogens is 368 g/mol. The van der Waals surface area contributed by atoms with Gasteiger partial charge in [0.25, 0.3) is 0 Å². The predicted octanol–water partition coefficient (Wildman–Crippen LogP) is 4.31. The van der Waals surface area contributed by atoms with Crippen molar-refractivity contribution in [2.24, 2.45) is 0 Å². The van der Waals surface area contributed by atoms with Crippen molar-refractivity contribution in [2.75, 3.05) is 23.7 Å². The summed E-state index contributed by atoms with van der Waals surface area (Å²) < 4.78 is 0. The Hall–Kier alpha value is -2.27. The molecule has 5 heteroatoms. The van der Waals surface area contributed by atoms with Crippen molar-refractivity contribution in [1.29, 1.82) is 0 Å². The van der Waals surface area contributed by atoms with Gasteiger partial charge in [-0.05, 0) is 24.6 Å². The van der Waals surface area contributed by atoms with Crippen LogP contribution in [0.25, 0.3) is 0 Å². The summed E-state index contributed by atoms with van der Waals surface area (Å²) >= 11 is 1.77. The molecule has 0 fully saturated rings. The molecule has 1 heterocycles. The molecule has 1 aliphatic rings. The third-order valence-corrected chi connectivity index (χ3v) is 6.17. The van der Waals surface area contributed by atoms with Crippen LogP contribution in [0.4, 0.5) is 5.69 Å². The molecule has 1 N–H and O–H groups in total. The molecule has 0 saturated carbocycles. The van der Waals surface area contributed by atoms with Crippen LogP contribution in [0.15, 0.2) is 53.4 Å². The van der Waals surface area contributed by atoms with Crippen LogP contribution in [-0.4, -0.2) is 30.7 Å². The molecule has 2 aromatic carbocycles. The standard InChI is InChI=1S/C23H28N2O2S/c1-17-7-6-8-18(15-17)23(2,3)16-24-21(26)11-12-22(27)25-13-14-28-20-10-5-4-9-19(20)25/h4-10,15H,11-14,16H2,1-3H3,(H,24,26). The first-order chi connectivity index (χ1) is 13.4. The van der Waals surface area contributed by atoms with Gasteiger partial charge in [0.05, 0.1) is 5.69 Å². The summed E-state index contributed by atoms with van der Waals surface area (Å²) in [5.41, 5.74) is 3.22. The van der Waals surface area contributed by atoms with Crippen molar-refractivity contribution >= 4 is 29.3 Å². The number of benzene rings is 2. The van der Waals surface area contributed by atoms with Crippen molar-refractivity contribution in [3.8, 4) is 0 Å². The van der Waals surface area contributed by atoms with Gasteiger partial charge in [0.2, 0.25) is 11.8 Å². The first kappa shape index (κ1) is 20.5. The lowest BCUT2D eigenvalue weighted by Gasteiger charge is -2.29. The Balaban J connectivity index is 1.51. The summed E-state index contributed by atoms with van der Waals surface area (Å²) in [5.74, 6) is 0.828. The molecule has 2 aromatic rings. The van der Waals surface area contributed by atoms with Crippen LogP contribution >= 0.6 is 11.8 Å². The van der Waals surface area contributed by atoms with Crippen LogP contribution in [0.3, 0.4) is 0 Å². The predicted molar refractivity (Wildman–Crippen MR) is 116 cm³/mol. The lowest BCUT2D eigenvalue weighted by molar-refractivity contribution is -0.125. The van der Waals surface area contributed by atoms with E-state index in [1.54, 1.807) is 11.8 Å². The lowest BCUT2D eigenvalue weighted by Crippen LogP contribution is -2.38. The number of amides is 2. The van der Waals surface area contributed by atoms with Crippen molar-refractivity contribution in [3.63, 3.8) is 0 Å². The van der Waals surface area contributed by atoms with Gasteiger partial charge in [0.1, 0.15) is 0 Å². The molecule has 0 radical (unpaired) electrons. The van der Waals surface area contributed by atoms with E-state index in [4.69, 9.17) is 0 Å². The molecule has 28 heavy (non-hydrogen) atoms. The van der Waals surface area contributed by atoms with E-state index in [-0.39, 0.29) is 30.1 Å². The third kappa shape index (κ3) is 4.96. The number of thioether (sulfide) groups is 1. The fourth-order valence-electron chi connectivity index (χ4n) is 3.36. The number of rotatable bonds is 6. The summed E-state index contributed by atoms with van der Waals surface area (Å²) in [6.45, 7) is 7.56. The number of aryl methyl sites for hydroxylation is 1. The van der Waals surface area contributed by atoms with Gasteiger partial charge in [-0.15, -0.1) is 11.8 Å². The van der Waals surface area contributed by atoms with Crippen LogP contribution in [0.2, 0.25) is 0 Å². The first-order valence-corrected chi connectivity index (χ1v) is 10.7. The number of para-hydroxylation sites is 1. The molecular formula is C23H28N2O2S. The minimum atomic E-state index is -0.158. The van der Waals surface area contributed by atoms with Gasteiger partial charge in [0, 0.05) is 42.0 Å². The number of carbonyl (C=O) groups excluding carboxylic acids is 2. The normalized spacial score (nSPS) is 13.8. The molecule has 0 bridgehead atoms. The highest BCUT2D eigenvalue weighted by Gasteiger charge is 2.24. The average Bonchev–Trinajstić information content (AvgIpc) is 2.70. The second kappa shape index (κ2) is 8.82. The highest BCUT2D eigenvalue weighted by molar-refractivity contribution is 7.99. The highest BCUT2D eigenvalue weighted by atomic mass is 32.2. The molecule has 2 amide bonds. The SMILES string of the molecule is Cc1cccc(C(C)(C)CNC(=O)CCC(=O)N2CCSc3ccccc32)c1. The van der Waals surface area contributed by atoms with Crippen LogP contribution in [0.1, 0.15) is 37.8 Å². The first-order valence-electron chi connectivity index (χ1n) is 9.73. The second-order valence-corrected chi connectivity index (χ2v) is 9.03. The zero-order chi connectivity index (χ0) is 20.1. The maximum absolute atomic E-state index is 12.7. The maximum Gasteiger partial charge on any atom is 0.227 e. The number of fused-ring (bicyclic) bond motifs is 1. The van der Waals surface area contributed by atoms with E-state index in [1.165, 1.54) is 11.1 Å². The van der Waals surface area contributed by atoms with E-state index >= 15 is 0 Å². The van der Waals surface area contributed by atoms with E-state index in [0.717, 1.165) is 16.3 Å². The second-order valence-electron chi connectivity index (χ2n) is 7.89. The largest absolute Gasteiger partial charge is 0.355 e. The van der Waals surface area contributed by atoms with E-state index in [0.29, 0.717) is 13.1 Å². The number of carbonyl (C=O) groups is 2. The van der Waals surface area contributed by atoms with Crippen molar-refractivity contribution < 1.29 is 9.59 Å². The molecule has 0 spiro atoms. The van der Waals surface area contributed by atoms with Crippen molar-refractivity contribution in [1.82, 2.24) is 5.32 Å². The Kier molecular flexibility index (Phi) is 6.45. The van der Waals surface area contributed by atoms with E-state index < -0.39 is 0 Å². The Labute approximate surface area is 171 Å². The minimum absolute atomic E-state index is 0.0147. The van der Waals surface area contributed by atoms with Crippen LogP contribution in [0, 0.1) is 6.92 Å². The molecule has 148 valence electrons. The van der Waals surface area contributed by atoms with E-state index in [1.807, 2.05) is 35.2 Å². The molecule has 1 aliphatic heterocycles. The van der Waals surface area contributed by atoms with Gasteiger partial charge in [-0.25, -0.2) is 0 Å². The minimum Gasteiger partial charge on any atom is -0.355 e. The molecule has 0 unspecified atom stereocenters. The zero-order valence-corrected chi connectivity index (χ0v) is 17.6. The van der Waals surface area contributed by atoms with Gasteiger partial charge in [-0.1, -0.05) is 55.8 Å². The Morgan fingerprint density at radius 3 is 2.68 bits per heavy atom. The van der Waals surface area contributed by atoms with E-state index in [9.17, 15) is 9.59 Å². The Morgan fingerprint density at radius 2 is 1.89 bits per heavy atom. The van der Waals surface area contributed by atoms with Gasteiger partial charge < -0.3 is 10.2 Å². The smallest absolute Gasteiger partial charge is 0.227 e. The average molecular weight is 397 g/mol. The van der Waals surface area contributed by atoms with Crippen molar-refractivity contribution in [3.05, 3.63) is 59.7 Å². The Bertz CT molecular complexity index is 863. The quantitative estimate of drug-likeness (QED) is 0.792. The van der Waals surface area contributed by atoms with Gasteiger partial charge in [0.15, 0.2) is 0 Å². The number of nitrogens with zero attached hydrogens (tertiary/aromatic N) is 1. The number of hydrogen-bond acceptors (Lipinski definition) is 3. The summed E-state index contributed by atoms with van der Waals surface area (Å²) in [5, 5.41) is 3.00. The fourth-order valence-corrected chi connectivity index (χ4v) is 4.35. The van der Waals surface area contributed by atoms with Crippen LogP contribution in [-0.2, 0) is 15.0 Å².